The van der Waals surface area contributed by atoms with Gasteiger partial charge in [-0.2, -0.15) is 13.8 Å². The minimum atomic E-state index is -0.863. The van der Waals surface area contributed by atoms with Gasteiger partial charge in [0.05, 0.1) is 19.0 Å². The highest BCUT2D eigenvalue weighted by Crippen LogP contribution is 2.23. The van der Waals surface area contributed by atoms with E-state index < -0.39 is 11.9 Å². The number of aromatic nitrogens is 3. The van der Waals surface area contributed by atoms with Gasteiger partial charge >= 0.3 is 0 Å². The van der Waals surface area contributed by atoms with Gasteiger partial charge in [0.15, 0.2) is 0 Å². The minimum absolute atomic E-state index is 0.377. The summed E-state index contributed by atoms with van der Waals surface area (Å²) in [6, 6.07) is 5.80. The van der Waals surface area contributed by atoms with E-state index in [1.165, 1.54) is 0 Å². The molecule has 3 aromatic heterocycles. The number of hydrogen-bond donors (Lipinski definition) is 0. The highest BCUT2D eigenvalue weighted by Gasteiger charge is 2.10. The number of methoxy groups -OCH3 is 1. The molecule has 4 nitrogen and oxygen atoms in total. The van der Waals surface area contributed by atoms with E-state index in [0.29, 0.717) is 22.7 Å². The molecule has 0 spiro atoms. The summed E-state index contributed by atoms with van der Waals surface area (Å²) in [5, 5.41) is 0. The number of fused-ring (bicyclic) bond motifs is 1. The molecule has 0 saturated heterocycles. The normalized spacial score (nSPS) is 10.9. The summed E-state index contributed by atoms with van der Waals surface area (Å²) in [6.45, 7) is 0. The predicted octanol–water partition coefficient (Wildman–Crippen LogP) is 2.68. The first kappa shape index (κ1) is 11.6. The van der Waals surface area contributed by atoms with Crippen LogP contribution in [0, 0.1) is 11.9 Å². The fraction of sp³-hybridized carbons (Fsp3) is 0.0769. The second-order valence-electron chi connectivity index (χ2n) is 3.94. The van der Waals surface area contributed by atoms with Gasteiger partial charge in [0.1, 0.15) is 11.4 Å². The predicted molar refractivity (Wildman–Crippen MR) is 64.9 cm³/mol. The maximum absolute atomic E-state index is 13.1. The molecule has 0 fully saturated rings. The molecule has 0 aliphatic rings. The van der Waals surface area contributed by atoms with E-state index in [1.807, 2.05) is 0 Å². The van der Waals surface area contributed by atoms with Crippen LogP contribution >= 0.6 is 0 Å². The molecule has 0 amide bonds. The highest BCUT2D eigenvalue weighted by molar-refractivity contribution is 5.64. The Kier molecular flexibility index (Phi) is 2.63. The zero-order valence-corrected chi connectivity index (χ0v) is 9.97. The topological polar surface area (TPSA) is 39.4 Å². The lowest BCUT2D eigenvalue weighted by atomic mass is 10.2. The molecule has 96 valence electrons. The summed E-state index contributed by atoms with van der Waals surface area (Å²) in [5.74, 6) is -1.06. The number of rotatable bonds is 2. The molecule has 0 radical (unpaired) electrons. The molecule has 0 saturated carbocycles. The molecule has 0 atom stereocenters. The Morgan fingerprint density at radius 2 is 1.89 bits per heavy atom. The molecule has 0 aliphatic carbocycles. The van der Waals surface area contributed by atoms with Crippen LogP contribution in [0.15, 0.2) is 36.7 Å². The van der Waals surface area contributed by atoms with Crippen LogP contribution < -0.4 is 4.74 Å². The van der Waals surface area contributed by atoms with Gasteiger partial charge in [-0.15, -0.1) is 0 Å². The lowest BCUT2D eigenvalue weighted by Gasteiger charge is -2.04. The van der Waals surface area contributed by atoms with E-state index in [9.17, 15) is 8.78 Å². The summed E-state index contributed by atoms with van der Waals surface area (Å²) in [4.78, 5) is 7.25. The molecule has 3 heterocycles. The first-order chi connectivity index (χ1) is 9.17. The number of nitrogens with zero attached hydrogens (tertiary/aromatic N) is 3. The van der Waals surface area contributed by atoms with Crippen molar-refractivity contribution in [3.63, 3.8) is 0 Å². The van der Waals surface area contributed by atoms with Gasteiger partial charge in [-0.1, -0.05) is 0 Å². The number of ether oxygens (including phenoxy) is 1. The van der Waals surface area contributed by atoms with Crippen LogP contribution in [0.2, 0.25) is 0 Å². The lowest BCUT2D eigenvalue weighted by molar-refractivity contribution is 0.414. The average molecular weight is 261 g/mol. The largest absolute Gasteiger partial charge is 0.497 e. The van der Waals surface area contributed by atoms with Crippen molar-refractivity contribution in [2.24, 2.45) is 0 Å². The maximum Gasteiger partial charge on any atom is 0.216 e. The summed E-state index contributed by atoms with van der Waals surface area (Å²) in [6.07, 6.45) is 3.27. The molecule has 19 heavy (non-hydrogen) atoms. The minimum Gasteiger partial charge on any atom is -0.497 e. The molecule has 0 aromatic carbocycles. The Balaban J connectivity index is 2.20. The van der Waals surface area contributed by atoms with Gasteiger partial charge in [-0.05, 0) is 6.07 Å². The molecular weight excluding hydrogens is 252 g/mol. The van der Waals surface area contributed by atoms with Gasteiger partial charge in [0.2, 0.25) is 11.9 Å². The summed E-state index contributed by atoms with van der Waals surface area (Å²) < 4.78 is 33.1. The van der Waals surface area contributed by atoms with Crippen LogP contribution in [0.4, 0.5) is 8.78 Å². The number of pyridine rings is 2. The van der Waals surface area contributed by atoms with Gasteiger partial charge in [-0.3, -0.25) is 4.40 Å². The van der Waals surface area contributed by atoms with Crippen LogP contribution in [-0.2, 0) is 0 Å². The van der Waals surface area contributed by atoms with Crippen molar-refractivity contribution in [3.05, 3.63) is 48.6 Å². The molecular formula is C13H9F2N3O. The molecule has 0 aliphatic heterocycles. The van der Waals surface area contributed by atoms with Crippen LogP contribution in [0.5, 0.6) is 5.75 Å². The third-order valence-corrected chi connectivity index (χ3v) is 2.78. The van der Waals surface area contributed by atoms with Crippen molar-refractivity contribution in [3.8, 4) is 17.0 Å². The van der Waals surface area contributed by atoms with Gasteiger partial charge < -0.3 is 4.74 Å². The zero-order valence-electron chi connectivity index (χ0n) is 9.97. The van der Waals surface area contributed by atoms with E-state index >= 15 is 0 Å². The Morgan fingerprint density at radius 3 is 2.58 bits per heavy atom. The molecule has 0 bridgehead atoms. The standard InChI is InChI=1S/C13H9F2N3O/c1-19-9-2-3-18-10(7-16-13(18)6-9)8-4-11(14)17-12(15)5-8/h2-7H,1H3. The zero-order chi connectivity index (χ0) is 13.4. The van der Waals surface area contributed by atoms with Gasteiger partial charge in [-0.25, -0.2) is 4.98 Å². The molecule has 6 heteroatoms. The molecule has 0 unspecified atom stereocenters. The summed E-state index contributed by atoms with van der Waals surface area (Å²) in [5.41, 5.74) is 1.59. The number of halogens is 2. The van der Waals surface area contributed by atoms with E-state index in [2.05, 4.69) is 9.97 Å². The number of hydrogen-bond acceptors (Lipinski definition) is 3. The smallest absolute Gasteiger partial charge is 0.216 e. The SMILES string of the molecule is COc1ccn2c(-c3cc(F)nc(F)c3)cnc2c1. The van der Waals surface area contributed by atoms with E-state index in [-0.39, 0.29) is 0 Å². The van der Waals surface area contributed by atoms with E-state index in [1.54, 1.807) is 36.0 Å². The quantitative estimate of drug-likeness (QED) is 0.666. The van der Waals surface area contributed by atoms with Crippen molar-refractivity contribution >= 4 is 5.65 Å². The fourth-order valence-corrected chi connectivity index (χ4v) is 1.92. The molecule has 0 N–H and O–H groups in total. The van der Waals surface area contributed by atoms with Crippen LogP contribution in [0.3, 0.4) is 0 Å². The third kappa shape index (κ3) is 2.01. The monoisotopic (exact) mass is 261 g/mol. The second kappa shape index (κ2) is 4.31. The maximum atomic E-state index is 13.1. The highest BCUT2D eigenvalue weighted by atomic mass is 19.1. The van der Waals surface area contributed by atoms with Crippen LogP contribution in [0.25, 0.3) is 16.9 Å². The Labute approximate surface area is 107 Å². The van der Waals surface area contributed by atoms with E-state index in [0.717, 1.165) is 12.1 Å². The Bertz CT molecular complexity index is 734. The van der Waals surface area contributed by atoms with Crippen LogP contribution in [-0.4, -0.2) is 21.5 Å². The van der Waals surface area contributed by atoms with Gasteiger partial charge in [0, 0.05) is 30.0 Å². The van der Waals surface area contributed by atoms with Crippen molar-refractivity contribution in [2.45, 2.75) is 0 Å². The molecule has 3 rings (SSSR count). The first-order valence-electron chi connectivity index (χ1n) is 5.52. The Morgan fingerprint density at radius 1 is 1.16 bits per heavy atom. The second-order valence-corrected chi connectivity index (χ2v) is 3.94. The average Bonchev–Trinajstić information content (AvgIpc) is 2.80. The summed E-state index contributed by atoms with van der Waals surface area (Å²) in [7, 11) is 1.56. The van der Waals surface area contributed by atoms with E-state index in [4.69, 9.17) is 4.74 Å². The van der Waals surface area contributed by atoms with Crippen LogP contribution in [0.1, 0.15) is 0 Å². The first-order valence-corrected chi connectivity index (χ1v) is 5.52. The fourth-order valence-electron chi connectivity index (χ4n) is 1.92. The van der Waals surface area contributed by atoms with Crippen molar-refractivity contribution in [1.82, 2.24) is 14.4 Å². The molecule has 3 aromatic rings. The lowest BCUT2D eigenvalue weighted by Crippen LogP contribution is -1.93. The van der Waals surface area contributed by atoms with Gasteiger partial charge in [0.25, 0.3) is 0 Å². The van der Waals surface area contributed by atoms with Crippen molar-refractivity contribution in [1.29, 1.82) is 0 Å². The third-order valence-electron chi connectivity index (χ3n) is 2.78. The number of imidazole rings is 1. The summed E-state index contributed by atoms with van der Waals surface area (Å²) >= 11 is 0. The Hall–Kier alpha value is -2.50. The van der Waals surface area contributed by atoms with Crippen molar-refractivity contribution < 1.29 is 13.5 Å². The van der Waals surface area contributed by atoms with Crippen molar-refractivity contribution in [2.75, 3.05) is 7.11 Å².